The van der Waals surface area contributed by atoms with Crippen LogP contribution in [0.15, 0.2) is 66.9 Å². The van der Waals surface area contributed by atoms with Crippen LogP contribution < -0.4 is 20.1 Å². The molecule has 176 valence electrons. The highest BCUT2D eigenvalue weighted by Crippen LogP contribution is 2.36. The molecule has 3 aromatic carbocycles. The first-order chi connectivity index (χ1) is 16.5. The predicted octanol–water partition coefficient (Wildman–Crippen LogP) is 5.49. The normalized spacial score (nSPS) is 10.9. The smallest absolute Gasteiger partial charge is 0.262 e. The topological polar surface area (TPSA) is 75.4 Å². The summed E-state index contributed by atoms with van der Waals surface area (Å²) in [5, 5.41) is 7.91. The fourth-order valence-corrected chi connectivity index (χ4v) is 4.07. The van der Waals surface area contributed by atoms with Gasteiger partial charge in [0.1, 0.15) is 0 Å². The van der Waals surface area contributed by atoms with Gasteiger partial charge in [-0.1, -0.05) is 47.5 Å². The Bertz CT molecular complexity index is 1270. The highest BCUT2D eigenvalue weighted by atomic mass is 35.5. The molecule has 4 aromatic rings. The Morgan fingerprint density at radius 3 is 2.68 bits per heavy atom. The quantitative estimate of drug-likeness (QED) is 0.264. The summed E-state index contributed by atoms with van der Waals surface area (Å²) in [5.41, 5.74) is 5.24. The number of hydrogen-bond acceptors (Lipinski definition) is 4. The summed E-state index contributed by atoms with van der Waals surface area (Å²) in [6.45, 7) is 3.27. The van der Waals surface area contributed by atoms with Crippen LogP contribution in [0.25, 0.3) is 10.9 Å². The fourth-order valence-electron chi connectivity index (χ4n) is 3.78. The summed E-state index contributed by atoms with van der Waals surface area (Å²) in [5.74, 6) is 0.569. The number of aryl methyl sites for hydroxylation is 1. The molecule has 0 atom stereocenters. The van der Waals surface area contributed by atoms with Crippen LogP contribution in [0.3, 0.4) is 0 Å². The zero-order valence-corrected chi connectivity index (χ0v) is 20.0. The summed E-state index contributed by atoms with van der Waals surface area (Å²) in [6, 6.07) is 19.6. The minimum atomic E-state index is -0.273. The molecule has 6 nitrogen and oxygen atoms in total. The standard InChI is InChI=1S/C27H28ClN3O3/c1-18-7-9-21(10-8-18)31-26(32)17-34-27-23(28)13-19(14-25(27)33-2)15-29-12-11-20-16-30-24-6-4-3-5-22(20)24/h3-10,13-14,16,29-30H,11-12,15,17H2,1-2H3,(H,31,32). The Labute approximate surface area is 204 Å². The number of anilines is 1. The third-order valence-corrected chi connectivity index (χ3v) is 5.83. The minimum absolute atomic E-state index is 0.174. The van der Waals surface area contributed by atoms with Crippen LogP contribution >= 0.6 is 11.6 Å². The second kappa shape index (κ2) is 11.1. The van der Waals surface area contributed by atoms with Gasteiger partial charge in [0.15, 0.2) is 18.1 Å². The first-order valence-electron chi connectivity index (χ1n) is 11.1. The van der Waals surface area contributed by atoms with Gasteiger partial charge in [0.05, 0.1) is 12.1 Å². The van der Waals surface area contributed by atoms with Crippen molar-refractivity contribution in [3.63, 3.8) is 0 Å². The van der Waals surface area contributed by atoms with E-state index in [1.165, 1.54) is 10.9 Å². The molecule has 0 bridgehead atoms. The SMILES string of the molecule is COc1cc(CNCCc2c[nH]c3ccccc23)cc(Cl)c1OCC(=O)Nc1ccc(C)cc1. The van der Waals surface area contributed by atoms with Gasteiger partial charge in [-0.2, -0.15) is 0 Å². The number of nitrogens with one attached hydrogen (secondary N) is 3. The number of carbonyl (C=O) groups is 1. The van der Waals surface area contributed by atoms with E-state index < -0.39 is 0 Å². The molecule has 7 heteroatoms. The largest absolute Gasteiger partial charge is 0.493 e. The average Bonchev–Trinajstić information content (AvgIpc) is 3.25. The van der Waals surface area contributed by atoms with E-state index in [1.54, 1.807) is 7.11 Å². The number of fused-ring (bicyclic) bond motifs is 1. The lowest BCUT2D eigenvalue weighted by Gasteiger charge is -2.14. The van der Waals surface area contributed by atoms with Gasteiger partial charge in [-0.05, 0) is 61.3 Å². The lowest BCUT2D eigenvalue weighted by atomic mass is 10.1. The van der Waals surface area contributed by atoms with Crippen molar-refractivity contribution in [3.05, 3.63) is 88.6 Å². The van der Waals surface area contributed by atoms with E-state index in [2.05, 4.69) is 40.0 Å². The molecule has 1 amide bonds. The number of H-pyrrole nitrogens is 1. The summed E-state index contributed by atoms with van der Waals surface area (Å²) < 4.78 is 11.2. The molecule has 0 aliphatic heterocycles. The summed E-state index contributed by atoms with van der Waals surface area (Å²) >= 11 is 6.47. The Balaban J connectivity index is 1.31. The van der Waals surface area contributed by atoms with Crippen LogP contribution in [0, 0.1) is 6.92 Å². The second-order valence-corrected chi connectivity index (χ2v) is 8.51. The lowest BCUT2D eigenvalue weighted by Crippen LogP contribution is -2.20. The molecule has 0 saturated carbocycles. The molecular weight excluding hydrogens is 450 g/mol. The van der Waals surface area contributed by atoms with Crippen LogP contribution in [0.5, 0.6) is 11.5 Å². The van der Waals surface area contributed by atoms with Crippen molar-refractivity contribution in [2.24, 2.45) is 0 Å². The van der Waals surface area contributed by atoms with Crippen LogP contribution in [0.4, 0.5) is 5.69 Å². The van der Waals surface area contributed by atoms with E-state index in [-0.39, 0.29) is 12.5 Å². The van der Waals surface area contributed by atoms with E-state index in [4.69, 9.17) is 21.1 Å². The maximum atomic E-state index is 12.3. The van der Waals surface area contributed by atoms with Gasteiger partial charge in [-0.3, -0.25) is 4.79 Å². The van der Waals surface area contributed by atoms with Crippen molar-refractivity contribution in [1.82, 2.24) is 10.3 Å². The van der Waals surface area contributed by atoms with Crippen LogP contribution in [-0.2, 0) is 17.8 Å². The number of aromatic nitrogens is 1. The molecule has 0 spiro atoms. The number of ether oxygens (including phenoxy) is 2. The van der Waals surface area contributed by atoms with Crippen molar-refractivity contribution in [3.8, 4) is 11.5 Å². The number of amides is 1. The molecule has 0 saturated heterocycles. The van der Waals surface area contributed by atoms with Gasteiger partial charge in [-0.15, -0.1) is 0 Å². The van der Waals surface area contributed by atoms with Gasteiger partial charge in [0.25, 0.3) is 5.91 Å². The molecule has 0 radical (unpaired) electrons. The van der Waals surface area contributed by atoms with Crippen molar-refractivity contribution in [2.75, 3.05) is 25.6 Å². The van der Waals surface area contributed by atoms with Crippen molar-refractivity contribution in [2.45, 2.75) is 19.9 Å². The molecular formula is C27H28ClN3O3. The molecule has 4 rings (SSSR count). The third-order valence-electron chi connectivity index (χ3n) is 5.55. The number of benzene rings is 3. The molecule has 0 aliphatic carbocycles. The zero-order chi connectivity index (χ0) is 23.9. The van der Waals surface area contributed by atoms with Crippen molar-refractivity contribution < 1.29 is 14.3 Å². The second-order valence-electron chi connectivity index (χ2n) is 8.10. The number of para-hydroxylation sites is 1. The highest BCUT2D eigenvalue weighted by Gasteiger charge is 2.14. The maximum absolute atomic E-state index is 12.3. The van der Waals surface area contributed by atoms with Crippen molar-refractivity contribution >= 4 is 34.1 Å². The Morgan fingerprint density at radius 2 is 1.88 bits per heavy atom. The van der Waals surface area contributed by atoms with Gasteiger partial charge < -0.3 is 25.1 Å². The molecule has 0 fully saturated rings. The van der Waals surface area contributed by atoms with Gasteiger partial charge in [0, 0.05) is 29.3 Å². The fraction of sp³-hybridized carbons (Fsp3) is 0.222. The van der Waals surface area contributed by atoms with E-state index >= 15 is 0 Å². The molecule has 1 aromatic heterocycles. The molecule has 1 heterocycles. The molecule has 34 heavy (non-hydrogen) atoms. The highest BCUT2D eigenvalue weighted by molar-refractivity contribution is 6.32. The third kappa shape index (κ3) is 5.90. The van der Waals surface area contributed by atoms with E-state index in [1.807, 2.05) is 49.4 Å². The van der Waals surface area contributed by atoms with Gasteiger partial charge in [-0.25, -0.2) is 0 Å². The summed E-state index contributed by atoms with van der Waals surface area (Å²) in [4.78, 5) is 15.6. The number of hydrogen-bond donors (Lipinski definition) is 3. The number of halogens is 1. The molecule has 0 unspecified atom stereocenters. The maximum Gasteiger partial charge on any atom is 0.262 e. The Kier molecular flexibility index (Phi) is 7.72. The number of methoxy groups -OCH3 is 1. The van der Waals surface area contributed by atoms with Gasteiger partial charge in [0.2, 0.25) is 0 Å². The summed E-state index contributed by atoms with van der Waals surface area (Å²) in [6.07, 6.45) is 2.97. The van der Waals surface area contributed by atoms with E-state index in [9.17, 15) is 4.79 Å². The van der Waals surface area contributed by atoms with Gasteiger partial charge >= 0.3 is 0 Å². The summed E-state index contributed by atoms with van der Waals surface area (Å²) in [7, 11) is 1.55. The Morgan fingerprint density at radius 1 is 1.09 bits per heavy atom. The van der Waals surface area contributed by atoms with Crippen molar-refractivity contribution in [1.29, 1.82) is 0 Å². The van der Waals surface area contributed by atoms with Crippen LogP contribution in [0.1, 0.15) is 16.7 Å². The molecule has 0 aliphatic rings. The monoisotopic (exact) mass is 477 g/mol. The van der Waals surface area contributed by atoms with E-state index in [0.29, 0.717) is 28.8 Å². The predicted molar refractivity (Wildman–Crippen MR) is 137 cm³/mol. The van der Waals surface area contributed by atoms with Crippen LogP contribution in [0.2, 0.25) is 5.02 Å². The minimum Gasteiger partial charge on any atom is -0.493 e. The number of aromatic amines is 1. The van der Waals surface area contributed by atoms with E-state index in [0.717, 1.165) is 29.6 Å². The van der Waals surface area contributed by atoms with Crippen LogP contribution in [-0.4, -0.2) is 31.2 Å². The lowest BCUT2D eigenvalue weighted by molar-refractivity contribution is -0.118. The number of carbonyl (C=O) groups excluding carboxylic acids is 1. The average molecular weight is 478 g/mol. The zero-order valence-electron chi connectivity index (χ0n) is 19.3. The first-order valence-corrected chi connectivity index (χ1v) is 11.5. The Hall–Kier alpha value is -3.48. The first kappa shape index (κ1) is 23.7. The number of rotatable bonds is 10. The molecule has 3 N–H and O–H groups in total.